The van der Waals surface area contributed by atoms with Gasteiger partial charge in [0.15, 0.2) is 11.5 Å². The molecule has 0 unspecified atom stereocenters. The average molecular weight is 333 g/mol. The highest BCUT2D eigenvalue weighted by Crippen LogP contribution is 2.46. The predicted molar refractivity (Wildman–Crippen MR) is 79.8 cm³/mol. The van der Waals surface area contributed by atoms with Crippen molar-refractivity contribution in [3.8, 4) is 0 Å². The standard InChI is InChI=1S/C16H15NO7/c1-23-15(19)16(20)8-12(11-6-7-13(18)14(11)24-16)9-2-4-10(5-3-9)17(21)22/h2-5,12,20H,6-8H2,1H3/t12-,16+/m0/s1. The molecule has 1 N–H and O–H groups in total. The lowest BCUT2D eigenvalue weighted by molar-refractivity contribution is -0.384. The lowest BCUT2D eigenvalue weighted by atomic mass is 9.82. The Morgan fingerprint density at radius 3 is 2.62 bits per heavy atom. The minimum atomic E-state index is -2.25. The second-order valence-electron chi connectivity index (χ2n) is 5.76. The van der Waals surface area contributed by atoms with Crippen LogP contribution in [-0.2, 0) is 19.1 Å². The highest BCUT2D eigenvalue weighted by atomic mass is 16.7. The van der Waals surface area contributed by atoms with Gasteiger partial charge >= 0.3 is 11.8 Å². The number of rotatable bonds is 3. The molecule has 0 bridgehead atoms. The monoisotopic (exact) mass is 333 g/mol. The summed E-state index contributed by atoms with van der Waals surface area (Å²) in [6, 6.07) is 5.80. The molecule has 0 fully saturated rings. The van der Waals surface area contributed by atoms with Crippen LogP contribution in [0.3, 0.4) is 0 Å². The number of methoxy groups -OCH3 is 1. The van der Waals surface area contributed by atoms with Crippen LogP contribution in [0.15, 0.2) is 35.6 Å². The van der Waals surface area contributed by atoms with Crippen molar-refractivity contribution in [1.29, 1.82) is 0 Å². The van der Waals surface area contributed by atoms with Gasteiger partial charge < -0.3 is 14.6 Å². The van der Waals surface area contributed by atoms with Crippen LogP contribution in [0.25, 0.3) is 0 Å². The minimum Gasteiger partial charge on any atom is -0.464 e. The number of ether oxygens (including phenoxy) is 2. The van der Waals surface area contributed by atoms with E-state index in [1.165, 1.54) is 12.1 Å². The molecule has 2 aliphatic rings. The topological polar surface area (TPSA) is 116 Å². The molecule has 0 spiro atoms. The number of allylic oxidation sites excluding steroid dienone is 2. The molecule has 126 valence electrons. The summed E-state index contributed by atoms with van der Waals surface area (Å²) >= 11 is 0. The summed E-state index contributed by atoms with van der Waals surface area (Å²) in [6.45, 7) is 0. The minimum absolute atomic E-state index is 0.00231. The van der Waals surface area contributed by atoms with Gasteiger partial charge in [0.25, 0.3) is 5.69 Å². The molecule has 0 amide bonds. The lowest BCUT2D eigenvalue weighted by Gasteiger charge is -2.35. The molecule has 2 atom stereocenters. The van der Waals surface area contributed by atoms with Crippen molar-refractivity contribution in [2.24, 2.45) is 0 Å². The molecule has 0 saturated carbocycles. The van der Waals surface area contributed by atoms with Gasteiger partial charge in [-0.1, -0.05) is 12.1 Å². The van der Waals surface area contributed by atoms with Crippen LogP contribution >= 0.6 is 0 Å². The number of esters is 1. The number of non-ortho nitro benzene ring substituents is 1. The molecule has 1 heterocycles. The second-order valence-corrected chi connectivity index (χ2v) is 5.76. The number of benzene rings is 1. The molecule has 0 aromatic heterocycles. The first-order valence-electron chi connectivity index (χ1n) is 7.36. The van der Waals surface area contributed by atoms with E-state index in [1.54, 1.807) is 12.1 Å². The SMILES string of the molecule is COC(=O)[C@@]1(O)C[C@@H](c2ccc([N+](=O)[O-])cc2)C2=C(O1)C(=O)CC2. The Labute approximate surface area is 136 Å². The molecule has 3 rings (SSSR count). The Kier molecular flexibility index (Phi) is 3.84. The second kappa shape index (κ2) is 5.72. The normalized spacial score (nSPS) is 25.9. The molecule has 1 aliphatic carbocycles. The zero-order valence-electron chi connectivity index (χ0n) is 12.9. The van der Waals surface area contributed by atoms with Crippen molar-refractivity contribution >= 4 is 17.4 Å². The average Bonchev–Trinajstić information content (AvgIpc) is 2.94. The van der Waals surface area contributed by atoms with Gasteiger partial charge in [0.1, 0.15) is 0 Å². The van der Waals surface area contributed by atoms with Gasteiger partial charge in [0, 0.05) is 30.9 Å². The molecule has 24 heavy (non-hydrogen) atoms. The lowest BCUT2D eigenvalue weighted by Crippen LogP contribution is -2.46. The zero-order valence-corrected chi connectivity index (χ0v) is 12.9. The quantitative estimate of drug-likeness (QED) is 0.507. The Morgan fingerprint density at radius 2 is 2.04 bits per heavy atom. The van der Waals surface area contributed by atoms with E-state index in [0.717, 1.165) is 7.11 Å². The molecule has 0 radical (unpaired) electrons. The maximum Gasteiger partial charge on any atom is 0.379 e. The van der Waals surface area contributed by atoms with Crippen LogP contribution in [0.4, 0.5) is 5.69 Å². The smallest absolute Gasteiger partial charge is 0.379 e. The summed E-state index contributed by atoms with van der Waals surface area (Å²) in [5.74, 6) is -3.97. The molecule has 1 aromatic carbocycles. The highest BCUT2D eigenvalue weighted by molar-refractivity contribution is 5.98. The van der Waals surface area contributed by atoms with Crippen LogP contribution in [0.2, 0.25) is 0 Å². The van der Waals surface area contributed by atoms with E-state index < -0.39 is 22.6 Å². The number of Topliss-reactive ketones (excluding diaryl/α,β-unsaturated/α-hetero) is 1. The van der Waals surface area contributed by atoms with E-state index in [1.807, 2.05) is 0 Å². The van der Waals surface area contributed by atoms with E-state index in [0.29, 0.717) is 17.6 Å². The maximum atomic E-state index is 12.0. The van der Waals surface area contributed by atoms with Crippen LogP contribution in [0.5, 0.6) is 0 Å². The number of carbonyl (C=O) groups is 2. The van der Waals surface area contributed by atoms with E-state index >= 15 is 0 Å². The third kappa shape index (κ3) is 2.54. The summed E-state index contributed by atoms with van der Waals surface area (Å²) in [5, 5.41) is 21.3. The van der Waals surface area contributed by atoms with Crippen molar-refractivity contribution < 1.29 is 29.1 Å². The Morgan fingerprint density at radius 1 is 1.38 bits per heavy atom. The number of nitrogens with zero attached hydrogens (tertiary/aromatic N) is 1. The van der Waals surface area contributed by atoms with Crippen molar-refractivity contribution in [2.45, 2.75) is 31.0 Å². The first-order valence-corrected chi connectivity index (χ1v) is 7.36. The molecule has 0 saturated heterocycles. The number of hydrogen-bond donors (Lipinski definition) is 1. The molecular weight excluding hydrogens is 318 g/mol. The van der Waals surface area contributed by atoms with Gasteiger partial charge in [0.05, 0.1) is 12.0 Å². The van der Waals surface area contributed by atoms with Crippen LogP contribution in [0.1, 0.15) is 30.7 Å². The van der Waals surface area contributed by atoms with Gasteiger partial charge in [-0.25, -0.2) is 4.79 Å². The fourth-order valence-electron chi connectivity index (χ4n) is 3.15. The fraction of sp³-hybridized carbons (Fsp3) is 0.375. The van der Waals surface area contributed by atoms with Crippen molar-refractivity contribution in [3.05, 3.63) is 51.3 Å². The van der Waals surface area contributed by atoms with E-state index in [2.05, 4.69) is 4.74 Å². The number of nitro benzene ring substituents is 1. The fourth-order valence-corrected chi connectivity index (χ4v) is 3.15. The summed E-state index contributed by atoms with van der Waals surface area (Å²) in [5.41, 5.74) is 1.29. The molecule has 1 aromatic rings. The Hall–Kier alpha value is -2.74. The molecule has 8 heteroatoms. The highest BCUT2D eigenvalue weighted by Gasteiger charge is 2.51. The number of nitro groups is 1. The first kappa shape index (κ1) is 16.1. The number of hydrogen-bond acceptors (Lipinski definition) is 7. The van der Waals surface area contributed by atoms with E-state index in [-0.39, 0.29) is 30.1 Å². The van der Waals surface area contributed by atoms with E-state index in [9.17, 15) is 24.8 Å². The van der Waals surface area contributed by atoms with Gasteiger partial charge in [-0.3, -0.25) is 14.9 Å². The third-order valence-corrected chi connectivity index (χ3v) is 4.35. The van der Waals surface area contributed by atoms with Crippen molar-refractivity contribution in [3.63, 3.8) is 0 Å². The first-order chi connectivity index (χ1) is 11.4. The Balaban J connectivity index is 2.02. The predicted octanol–water partition coefficient (Wildman–Crippen LogP) is 1.58. The summed E-state index contributed by atoms with van der Waals surface area (Å²) < 4.78 is 9.85. The summed E-state index contributed by atoms with van der Waals surface area (Å²) in [7, 11) is 1.12. The van der Waals surface area contributed by atoms with Crippen molar-refractivity contribution in [2.75, 3.05) is 7.11 Å². The van der Waals surface area contributed by atoms with Crippen LogP contribution in [-0.4, -0.2) is 34.7 Å². The van der Waals surface area contributed by atoms with Gasteiger partial charge in [-0.15, -0.1) is 0 Å². The van der Waals surface area contributed by atoms with Gasteiger partial charge in [-0.2, -0.15) is 0 Å². The number of ketones is 1. The summed E-state index contributed by atoms with van der Waals surface area (Å²) in [6.07, 6.45) is 0.585. The number of aliphatic hydroxyl groups is 1. The zero-order chi connectivity index (χ0) is 17.5. The van der Waals surface area contributed by atoms with E-state index in [4.69, 9.17) is 4.74 Å². The Bertz CT molecular complexity index is 752. The maximum absolute atomic E-state index is 12.0. The van der Waals surface area contributed by atoms with Gasteiger partial charge in [-0.05, 0) is 17.6 Å². The van der Waals surface area contributed by atoms with Crippen LogP contribution in [0, 0.1) is 10.1 Å². The van der Waals surface area contributed by atoms with Crippen molar-refractivity contribution in [1.82, 2.24) is 0 Å². The van der Waals surface area contributed by atoms with Gasteiger partial charge in [0.2, 0.25) is 0 Å². The number of carbonyl (C=O) groups excluding carboxylic acids is 2. The largest absolute Gasteiger partial charge is 0.464 e. The summed E-state index contributed by atoms with van der Waals surface area (Å²) in [4.78, 5) is 34.1. The molecule has 8 nitrogen and oxygen atoms in total. The third-order valence-electron chi connectivity index (χ3n) is 4.35. The molecular formula is C16H15NO7. The van der Waals surface area contributed by atoms with Crippen LogP contribution < -0.4 is 0 Å². The molecule has 1 aliphatic heterocycles.